The van der Waals surface area contributed by atoms with Crippen LogP contribution in [0.25, 0.3) is 0 Å². The number of rotatable bonds is 4. The first kappa shape index (κ1) is 11.1. The van der Waals surface area contributed by atoms with Crippen LogP contribution < -0.4 is 5.32 Å². The van der Waals surface area contributed by atoms with Crippen LogP contribution >= 0.6 is 0 Å². The maximum atomic E-state index is 10.5. The highest BCUT2D eigenvalue weighted by molar-refractivity contribution is 5.48. The molecule has 7 nitrogen and oxygen atoms in total. The SMILES string of the molecule is Cn1cnnc1CNc1ccc([N+](=O)[O-])cc1. The van der Waals surface area contributed by atoms with Crippen molar-refractivity contribution in [3.63, 3.8) is 0 Å². The van der Waals surface area contributed by atoms with Crippen LogP contribution in [0.5, 0.6) is 0 Å². The first-order chi connectivity index (χ1) is 8.16. The number of anilines is 1. The number of non-ortho nitro benzene ring substituents is 1. The predicted octanol–water partition coefficient (Wildman–Crippen LogP) is 1.34. The van der Waals surface area contributed by atoms with Crippen molar-refractivity contribution in [2.24, 2.45) is 7.05 Å². The third kappa shape index (κ3) is 2.57. The highest BCUT2D eigenvalue weighted by Gasteiger charge is 2.04. The lowest BCUT2D eigenvalue weighted by Gasteiger charge is -2.04. The van der Waals surface area contributed by atoms with Crippen molar-refractivity contribution in [3.8, 4) is 0 Å². The van der Waals surface area contributed by atoms with Gasteiger partial charge in [0.25, 0.3) is 5.69 Å². The van der Waals surface area contributed by atoms with E-state index in [2.05, 4.69) is 15.5 Å². The van der Waals surface area contributed by atoms with Gasteiger partial charge in [-0.05, 0) is 12.1 Å². The number of nitro benzene ring substituents is 1. The zero-order chi connectivity index (χ0) is 12.3. The van der Waals surface area contributed by atoms with Crippen LogP contribution in [0.3, 0.4) is 0 Å². The van der Waals surface area contributed by atoms with Gasteiger partial charge in [-0.3, -0.25) is 10.1 Å². The van der Waals surface area contributed by atoms with Crippen LogP contribution in [-0.2, 0) is 13.6 Å². The van der Waals surface area contributed by atoms with Gasteiger partial charge in [0.15, 0.2) is 5.82 Å². The fourth-order valence-corrected chi connectivity index (χ4v) is 1.35. The number of aryl methyl sites for hydroxylation is 1. The molecule has 0 spiro atoms. The molecule has 0 amide bonds. The summed E-state index contributed by atoms with van der Waals surface area (Å²) in [5.41, 5.74) is 0.882. The van der Waals surface area contributed by atoms with Crippen LogP contribution in [0.1, 0.15) is 5.82 Å². The number of nitro groups is 1. The van der Waals surface area contributed by atoms with Crippen LogP contribution in [0.15, 0.2) is 30.6 Å². The highest BCUT2D eigenvalue weighted by Crippen LogP contribution is 2.15. The Hall–Kier alpha value is -2.44. The van der Waals surface area contributed by atoms with Gasteiger partial charge in [0.05, 0.1) is 11.5 Å². The summed E-state index contributed by atoms with van der Waals surface area (Å²) in [5, 5.41) is 21.2. The smallest absolute Gasteiger partial charge is 0.269 e. The Kier molecular flexibility index (Phi) is 2.99. The Labute approximate surface area is 97.2 Å². The van der Waals surface area contributed by atoms with E-state index in [1.807, 2.05) is 7.05 Å². The number of aromatic nitrogens is 3. The van der Waals surface area contributed by atoms with Crippen LogP contribution in [-0.4, -0.2) is 19.7 Å². The summed E-state index contributed by atoms with van der Waals surface area (Å²) in [6.07, 6.45) is 1.62. The molecule has 0 aliphatic heterocycles. The largest absolute Gasteiger partial charge is 0.378 e. The first-order valence-corrected chi connectivity index (χ1v) is 4.98. The Bertz CT molecular complexity index is 520. The van der Waals surface area contributed by atoms with Gasteiger partial charge < -0.3 is 9.88 Å². The van der Waals surface area contributed by atoms with E-state index in [0.29, 0.717) is 6.54 Å². The highest BCUT2D eigenvalue weighted by atomic mass is 16.6. The lowest BCUT2D eigenvalue weighted by atomic mass is 10.3. The van der Waals surface area contributed by atoms with Crippen molar-refractivity contribution in [1.29, 1.82) is 0 Å². The van der Waals surface area contributed by atoms with Gasteiger partial charge in [-0.1, -0.05) is 0 Å². The van der Waals surface area contributed by atoms with Gasteiger partial charge in [0.2, 0.25) is 0 Å². The minimum absolute atomic E-state index is 0.0780. The standard InChI is InChI=1S/C10H11N5O2/c1-14-7-12-13-10(14)6-11-8-2-4-9(5-3-8)15(16)17/h2-5,7,11H,6H2,1H3. The second-order valence-corrected chi connectivity index (χ2v) is 3.52. The molecule has 1 heterocycles. The molecular formula is C10H11N5O2. The minimum atomic E-state index is -0.424. The number of hydrogen-bond donors (Lipinski definition) is 1. The van der Waals surface area contributed by atoms with E-state index in [4.69, 9.17) is 0 Å². The van der Waals surface area contributed by atoms with E-state index < -0.39 is 4.92 Å². The van der Waals surface area contributed by atoms with E-state index in [-0.39, 0.29) is 5.69 Å². The van der Waals surface area contributed by atoms with E-state index in [9.17, 15) is 10.1 Å². The van der Waals surface area contributed by atoms with Crippen molar-refractivity contribution in [3.05, 3.63) is 46.5 Å². The molecule has 1 N–H and O–H groups in total. The molecule has 2 rings (SSSR count). The number of nitrogens with one attached hydrogen (secondary N) is 1. The van der Waals surface area contributed by atoms with Gasteiger partial charge >= 0.3 is 0 Å². The van der Waals surface area contributed by atoms with Crippen LogP contribution in [0, 0.1) is 10.1 Å². The van der Waals surface area contributed by atoms with Gasteiger partial charge in [0, 0.05) is 24.9 Å². The van der Waals surface area contributed by atoms with Crippen molar-refractivity contribution in [2.75, 3.05) is 5.32 Å². The molecule has 17 heavy (non-hydrogen) atoms. The lowest BCUT2D eigenvalue weighted by molar-refractivity contribution is -0.384. The topological polar surface area (TPSA) is 85.9 Å². The Balaban J connectivity index is 2.00. The van der Waals surface area contributed by atoms with E-state index in [1.54, 1.807) is 23.0 Å². The van der Waals surface area contributed by atoms with Gasteiger partial charge in [-0.2, -0.15) is 0 Å². The third-order valence-electron chi connectivity index (χ3n) is 2.33. The van der Waals surface area contributed by atoms with Crippen molar-refractivity contribution >= 4 is 11.4 Å². The Morgan fingerprint density at radius 2 is 2.12 bits per heavy atom. The average molecular weight is 233 g/mol. The van der Waals surface area contributed by atoms with Crippen molar-refractivity contribution < 1.29 is 4.92 Å². The van der Waals surface area contributed by atoms with E-state index >= 15 is 0 Å². The fraction of sp³-hybridized carbons (Fsp3) is 0.200. The second kappa shape index (κ2) is 4.60. The molecule has 1 aromatic heterocycles. The second-order valence-electron chi connectivity index (χ2n) is 3.52. The number of nitrogens with zero attached hydrogens (tertiary/aromatic N) is 4. The molecule has 0 fully saturated rings. The fourth-order valence-electron chi connectivity index (χ4n) is 1.35. The van der Waals surface area contributed by atoms with Gasteiger partial charge in [-0.25, -0.2) is 0 Å². The monoisotopic (exact) mass is 233 g/mol. The van der Waals surface area contributed by atoms with E-state index in [0.717, 1.165) is 11.5 Å². The first-order valence-electron chi connectivity index (χ1n) is 4.98. The summed E-state index contributed by atoms with van der Waals surface area (Å²) in [7, 11) is 1.85. The summed E-state index contributed by atoms with van der Waals surface area (Å²) in [4.78, 5) is 10.0. The number of hydrogen-bond acceptors (Lipinski definition) is 5. The molecule has 0 aliphatic rings. The molecule has 88 valence electrons. The quantitative estimate of drug-likeness (QED) is 0.636. The molecular weight excluding hydrogens is 222 g/mol. The summed E-state index contributed by atoms with van der Waals surface area (Å²) in [6.45, 7) is 0.522. The maximum absolute atomic E-state index is 10.5. The van der Waals surface area contributed by atoms with E-state index in [1.165, 1.54) is 12.1 Å². The molecule has 0 bridgehead atoms. The normalized spacial score (nSPS) is 10.2. The zero-order valence-corrected chi connectivity index (χ0v) is 9.20. The maximum Gasteiger partial charge on any atom is 0.269 e. The Morgan fingerprint density at radius 1 is 1.41 bits per heavy atom. The Morgan fingerprint density at radius 3 is 2.65 bits per heavy atom. The molecule has 2 aromatic rings. The molecule has 0 saturated heterocycles. The summed E-state index contributed by atoms with van der Waals surface area (Å²) < 4.78 is 1.80. The predicted molar refractivity (Wildman–Crippen MR) is 61.4 cm³/mol. The molecule has 0 saturated carbocycles. The molecule has 0 radical (unpaired) electrons. The molecule has 0 aliphatic carbocycles. The van der Waals surface area contributed by atoms with Crippen LogP contribution in [0.2, 0.25) is 0 Å². The summed E-state index contributed by atoms with van der Waals surface area (Å²) in [6, 6.07) is 6.24. The summed E-state index contributed by atoms with van der Waals surface area (Å²) >= 11 is 0. The molecule has 1 aromatic carbocycles. The zero-order valence-electron chi connectivity index (χ0n) is 9.20. The molecule has 0 unspecified atom stereocenters. The third-order valence-corrected chi connectivity index (χ3v) is 2.33. The van der Waals surface area contributed by atoms with Gasteiger partial charge in [-0.15, -0.1) is 10.2 Å². The molecule has 0 atom stereocenters. The summed E-state index contributed by atoms with van der Waals surface area (Å²) in [5.74, 6) is 0.795. The number of benzene rings is 1. The minimum Gasteiger partial charge on any atom is -0.378 e. The van der Waals surface area contributed by atoms with Crippen molar-refractivity contribution in [1.82, 2.24) is 14.8 Å². The van der Waals surface area contributed by atoms with Crippen molar-refractivity contribution in [2.45, 2.75) is 6.54 Å². The lowest BCUT2D eigenvalue weighted by Crippen LogP contribution is -2.05. The molecule has 7 heteroatoms. The van der Waals surface area contributed by atoms with Crippen LogP contribution in [0.4, 0.5) is 11.4 Å². The van der Waals surface area contributed by atoms with Gasteiger partial charge in [0.1, 0.15) is 6.33 Å². The average Bonchev–Trinajstić information content (AvgIpc) is 2.73.